The summed E-state index contributed by atoms with van der Waals surface area (Å²) in [5.74, 6) is 1.35. The maximum atomic E-state index is 15.3. The molecule has 210 valence electrons. The highest BCUT2D eigenvalue weighted by molar-refractivity contribution is 5.76. The van der Waals surface area contributed by atoms with Crippen molar-refractivity contribution in [2.45, 2.75) is 58.0 Å². The fourth-order valence-corrected chi connectivity index (χ4v) is 6.46. The average molecular weight is 547 g/mol. The van der Waals surface area contributed by atoms with Gasteiger partial charge in [-0.25, -0.2) is 4.39 Å². The Labute approximate surface area is 234 Å². The molecule has 40 heavy (non-hydrogen) atoms. The van der Waals surface area contributed by atoms with E-state index in [4.69, 9.17) is 24.1 Å². The van der Waals surface area contributed by atoms with Crippen LogP contribution in [0.3, 0.4) is 0 Å². The van der Waals surface area contributed by atoms with E-state index in [-0.39, 0.29) is 18.2 Å². The molecule has 1 saturated heterocycles. The molecule has 0 spiro atoms. The molecule has 2 atom stereocenters. The number of fused-ring (bicyclic) bond motifs is 2. The van der Waals surface area contributed by atoms with Gasteiger partial charge in [-0.2, -0.15) is 0 Å². The van der Waals surface area contributed by atoms with Crippen LogP contribution < -0.4 is 14.2 Å². The van der Waals surface area contributed by atoms with Gasteiger partial charge in [-0.1, -0.05) is 12.1 Å². The third kappa shape index (κ3) is 5.27. The zero-order chi connectivity index (χ0) is 27.8. The number of aliphatic carboxylic acids is 1. The smallest absolute Gasteiger partial charge is 0.304 e. The largest absolute Gasteiger partial charge is 0.493 e. The Morgan fingerprint density at radius 2 is 1.80 bits per heavy atom. The first-order chi connectivity index (χ1) is 19.4. The van der Waals surface area contributed by atoms with Gasteiger partial charge in [-0.3, -0.25) is 4.79 Å². The fraction of sp³-hybridized carbons (Fsp3) is 0.424. The second-order valence-corrected chi connectivity index (χ2v) is 11.2. The summed E-state index contributed by atoms with van der Waals surface area (Å²) in [6.45, 7) is 6.82. The molecule has 1 N–H and O–H groups in total. The molecule has 0 bridgehead atoms. The number of carboxylic acids is 1. The summed E-state index contributed by atoms with van der Waals surface area (Å²) in [6, 6.07) is 13.1. The van der Waals surface area contributed by atoms with E-state index in [9.17, 15) is 4.79 Å². The molecule has 6 rings (SSSR count). The monoisotopic (exact) mass is 546 g/mol. The van der Waals surface area contributed by atoms with Crippen LogP contribution in [-0.4, -0.2) is 37.5 Å². The quantitative estimate of drug-likeness (QED) is 0.330. The molecular formula is C33H35FO6. The first-order valence-corrected chi connectivity index (χ1v) is 14.2. The van der Waals surface area contributed by atoms with Crippen LogP contribution in [0.1, 0.15) is 65.5 Å². The van der Waals surface area contributed by atoms with Gasteiger partial charge in [0.2, 0.25) is 0 Å². The zero-order valence-electron chi connectivity index (χ0n) is 23.0. The second kappa shape index (κ2) is 11.1. The van der Waals surface area contributed by atoms with Gasteiger partial charge in [0.15, 0.2) is 0 Å². The molecule has 2 aliphatic heterocycles. The first kappa shape index (κ1) is 26.6. The van der Waals surface area contributed by atoms with E-state index < -0.39 is 12.1 Å². The van der Waals surface area contributed by atoms with E-state index in [0.717, 1.165) is 71.6 Å². The van der Waals surface area contributed by atoms with Crippen LogP contribution in [0.25, 0.3) is 11.1 Å². The highest BCUT2D eigenvalue weighted by atomic mass is 19.1. The fourth-order valence-electron chi connectivity index (χ4n) is 6.46. The van der Waals surface area contributed by atoms with Crippen LogP contribution >= 0.6 is 0 Å². The summed E-state index contributed by atoms with van der Waals surface area (Å²) < 4.78 is 39.0. The number of hydrogen-bond donors (Lipinski definition) is 1. The molecule has 1 fully saturated rings. The van der Waals surface area contributed by atoms with Crippen molar-refractivity contribution in [3.63, 3.8) is 0 Å². The van der Waals surface area contributed by atoms with Crippen molar-refractivity contribution in [2.24, 2.45) is 5.92 Å². The molecule has 3 aromatic carbocycles. The van der Waals surface area contributed by atoms with Crippen LogP contribution in [-0.2, 0) is 16.0 Å². The van der Waals surface area contributed by atoms with Gasteiger partial charge >= 0.3 is 5.97 Å². The minimum atomic E-state index is -0.849. The lowest BCUT2D eigenvalue weighted by molar-refractivity contribution is -0.137. The summed E-state index contributed by atoms with van der Waals surface area (Å²) >= 11 is 0. The normalized spacial score (nSPS) is 20.1. The van der Waals surface area contributed by atoms with E-state index in [2.05, 4.69) is 26.0 Å². The predicted octanol–water partition coefficient (Wildman–Crippen LogP) is 6.93. The van der Waals surface area contributed by atoms with Gasteiger partial charge in [-0.15, -0.1) is 0 Å². The zero-order valence-corrected chi connectivity index (χ0v) is 23.0. The van der Waals surface area contributed by atoms with Gasteiger partial charge in [0, 0.05) is 36.3 Å². The molecule has 1 aliphatic carbocycles. The van der Waals surface area contributed by atoms with Gasteiger partial charge < -0.3 is 24.1 Å². The maximum absolute atomic E-state index is 15.3. The number of carboxylic acid groups (broad SMARTS) is 1. The molecule has 3 aliphatic rings. The van der Waals surface area contributed by atoms with Crippen LogP contribution in [0.15, 0.2) is 42.5 Å². The number of benzene rings is 3. The summed E-state index contributed by atoms with van der Waals surface area (Å²) in [5, 5.41) is 9.16. The Kier molecular flexibility index (Phi) is 7.41. The Hall–Kier alpha value is -3.58. The standard InChI is InChI=1S/C33H35FO6/c1-19-13-24(38-17-21-9-11-37-12-10-21)14-20(2)32(19)26-5-7-28(34)33-27(26)6-8-29(33)40-23-3-4-25-22(15-31(35)36)18-39-30(25)16-23/h3-5,7,13-14,16,21-22,29H,6,8-12,15,17-18H2,1-2H3,(H,35,36)/t22-,29-/m1/s1. The molecule has 0 radical (unpaired) electrons. The van der Waals surface area contributed by atoms with E-state index in [1.165, 1.54) is 0 Å². The molecular weight excluding hydrogens is 511 g/mol. The van der Waals surface area contributed by atoms with Gasteiger partial charge in [0.05, 0.1) is 19.6 Å². The molecule has 0 saturated carbocycles. The maximum Gasteiger partial charge on any atom is 0.304 e. The van der Waals surface area contributed by atoms with Crippen molar-refractivity contribution >= 4 is 5.97 Å². The number of rotatable bonds is 8. The van der Waals surface area contributed by atoms with E-state index >= 15 is 4.39 Å². The molecule has 0 aromatic heterocycles. The summed E-state index contributed by atoms with van der Waals surface area (Å²) in [7, 11) is 0. The van der Waals surface area contributed by atoms with Crippen molar-refractivity contribution in [3.8, 4) is 28.4 Å². The van der Waals surface area contributed by atoms with E-state index in [0.29, 0.717) is 42.6 Å². The van der Waals surface area contributed by atoms with Crippen LogP contribution in [0.4, 0.5) is 4.39 Å². The van der Waals surface area contributed by atoms with Crippen molar-refractivity contribution in [3.05, 3.63) is 76.1 Å². The van der Waals surface area contributed by atoms with Crippen LogP contribution in [0, 0.1) is 25.6 Å². The van der Waals surface area contributed by atoms with Crippen LogP contribution in [0.5, 0.6) is 17.2 Å². The molecule has 2 heterocycles. The van der Waals surface area contributed by atoms with Gasteiger partial charge in [0.25, 0.3) is 0 Å². The van der Waals surface area contributed by atoms with Gasteiger partial charge in [0.1, 0.15) is 29.2 Å². The molecule has 0 amide bonds. The van der Waals surface area contributed by atoms with Crippen molar-refractivity contribution in [1.82, 2.24) is 0 Å². The second-order valence-electron chi connectivity index (χ2n) is 11.2. The Morgan fingerprint density at radius 1 is 1.02 bits per heavy atom. The van der Waals surface area contributed by atoms with E-state index in [1.54, 1.807) is 12.1 Å². The van der Waals surface area contributed by atoms with E-state index in [1.807, 2.05) is 18.2 Å². The molecule has 7 heteroatoms. The minimum Gasteiger partial charge on any atom is -0.493 e. The highest BCUT2D eigenvalue weighted by Gasteiger charge is 2.32. The van der Waals surface area contributed by atoms with Crippen molar-refractivity contribution in [1.29, 1.82) is 0 Å². The lowest BCUT2D eigenvalue weighted by Gasteiger charge is -2.23. The third-order valence-corrected chi connectivity index (χ3v) is 8.45. The summed E-state index contributed by atoms with van der Waals surface area (Å²) in [5.41, 5.74) is 6.85. The Bertz CT molecular complexity index is 1400. The molecule has 6 nitrogen and oxygen atoms in total. The third-order valence-electron chi connectivity index (χ3n) is 8.45. The SMILES string of the molecule is Cc1cc(OCC2CCOCC2)cc(C)c1-c1ccc(F)c2c1CC[C@H]2Oc1ccc2c(c1)OC[C@H]2CC(=O)O. The predicted molar refractivity (Wildman–Crippen MR) is 149 cm³/mol. The van der Waals surface area contributed by atoms with Crippen LogP contribution in [0.2, 0.25) is 0 Å². The number of aryl methyl sites for hydroxylation is 2. The highest BCUT2D eigenvalue weighted by Crippen LogP contribution is 2.45. The number of halogens is 1. The lowest BCUT2D eigenvalue weighted by Crippen LogP contribution is -2.21. The Balaban J connectivity index is 1.22. The topological polar surface area (TPSA) is 74.2 Å². The average Bonchev–Trinajstić information content (AvgIpc) is 3.53. The molecule has 0 unspecified atom stereocenters. The van der Waals surface area contributed by atoms with Crippen molar-refractivity contribution in [2.75, 3.05) is 26.4 Å². The Morgan fingerprint density at radius 3 is 2.55 bits per heavy atom. The first-order valence-electron chi connectivity index (χ1n) is 14.2. The number of carbonyl (C=O) groups is 1. The molecule has 3 aromatic rings. The van der Waals surface area contributed by atoms with Gasteiger partial charge in [-0.05, 0) is 97.5 Å². The summed E-state index contributed by atoms with van der Waals surface area (Å²) in [6.07, 6.45) is 3.07. The number of hydrogen-bond acceptors (Lipinski definition) is 5. The number of ether oxygens (including phenoxy) is 4. The summed E-state index contributed by atoms with van der Waals surface area (Å²) in [4.78, 5) is 11.2. The minimum absolute atomic E-state index is 0.0269. The van der Waals surface area contributed by atoms with Crippen molar-refractivity contribution < 1.29 is 33.2 Å². The lowest BCUT2D eigenvalue weighted by atomic mass is 9.90.